The lowest BCUT2D eigenvalue weighted by Crippen LogP contribution is -2.57. The third-order valence-electron chi connectivity index (χ3n) is 11.9. The molecule has 0 saturated carbocycles. The summed E-state index contributed by atoms with van der Waals surface area (Å²) in [5.74, 6) is 0. The van der Waals surface area contributed by atoms with Gasteiger partial charge in [-0.25, -0.2) is 4.31 Å². The summed E-state index contributed by atoms with van der Waals surface area (Å²) in [5.41, 5.74) is 1.91. The van der Waals surface area contributed by atoms with Crippen molar-refractivity contribution in [2.75, 3.05) is 19.8 Å². The molecule has 0 spiro atoms. The number of rotatable bonds is 16. The van der Waals surface area contributed by atoms with E-state index in [-0.39, 0.29) is 21.7 Å². The van der Waals surface area contributed by atoms with Crippen LogP contribution in [0.2, 0.25) is 0 Å². The van der Waals surface area contributed by atoms with Crippen LogP contribution in [-0.4, -0.2) is 74.5 Å². The maximum absolute atomic E-state index is 14.9. The van der Waals surface area contributed by atoms with Crippen molar-refractivity contribution in [3.05, 3.63) is 68.8 Å². The van der Waals surface area contributed by atoms with Crippen LogP contribution in [0.25, 0.3) is 0 Å². The van der Waals surface area contributed by atoms with E-state index in [2.05, 4.69) is 181 Å². The fraction of sp³-hybridized carbons (Fsp3) is 0.765. The van der Waals surface area contributed by atoms with E-state index in [0.717, 1.165) is 70.2 Å². The van der Waals surface area contributed by atoms with Gasteiger partial charge in [0.25, 0.3) is 0 Å². The molecule has 0 aliphatic rings. The summed E-state index contributed by atoms with van der Waals surface area (Å²) in [4.78, 5) is 53.0. The molecule has 0 unspecified atom stereocenters. The van der Waals surface area contributed by atoms with Crippen molar-refractivity contribution >= 4 is 25.8 Å². The largest absolute Gasteiger partial charge is 0.395 e. The maximum Gasteiger partial charge on any atom is 0.334 e. The zero-order valence-electron chi connectivity index (χ0n) is 44.9. The van der Waals surface area contributed by atoms with Crippen LogP contribution >= 0.6 is 25.8 Å². The first-order valence-corrected chi connectivity index (χ1v) is 26.4. The van der Waals surface area contributed by atoms with E-state index in [9.17, 15) is 20.4 Å². The average molecular weight is 993 g/mol. The number of hydrogen-bond acceptors (Lipinski definition) is 12. The molecule has 386 valence electrons. The molecule has 0 bridgehead atoms. The number of aryl methyl sites for hydroxylation is 2. The molecule has 2 aromatic rings. The van der Waals surface area contributed by atoms with Crippen molar-refractivity contribution in [2.24, 2.45) is 27.1 Å². The Labute approximate surface area is 404 Å². The monoisotopic (exact) mass is 993 g/mol. The van der Waals surface area contributed by atoms with Gasteiger partial charge in [-0.15, -0.1) is 0 Å². The number of benzene rings is 2. The molecule has 0 aromatic heterocycles. The predicted molar refractivity (Wildman–Crippen MR) is 275 cm³/mol. The van der Waals surface area contributed by atoms with Crippen LogP contribution in [0.4, 0.5) is 0 Å². The van der Waals surface area contributed by atoms with Gasteiger partial charge >= 0.3 is 25.8 Å². The molecule has 0 fully saturated rings. The van der Waals surface area contributed by atoms with Gasteiger partial charge in [0.2, 0.25) is 0 Å². The highest BCUT2D eigenvalue weighted by Crippen LogP contribution is 2.59. The van der Waals surface area contributed by atoms with Crippen molar-refractivity contribution in [2.45, 2.75) is 205 Å². The molecular weight excluding hydrogens is 897 g/mol. The molecule has 2 aromatic carbocycles. The van der Waals surface area contributed by atoms with Crippen LogP contribution in [0, 0.1) is 40.9 Å². The van der Waals surface area contributed by atoms with Crippen molar-refractivity contribution < 1.29 is 59.0 Å². The Bertz CT molecular complexity index is 1600. The Morgan fingerprint density at radius 2 is 0.576 bits per heavy atom. The molecule has 0 atom stereocenters. The van der Waals surface area contributed by atoms with Crippen LogP contribution in [0.3, 0.4) is 0 Å². The lowest BCUT2D eigenvalue weighted by atomic mass is 9.54. The van der Waals surface area contributed by atoms with Crippen LogP contribution in [0.5, 0.6) is 0 Å². The Balaban J connectivity index is 0.00000341. The molecule has 2 rings (SSSR count). The van der Waals surface area contributed by atoms with Gasteiger partial charge in [-0.1, -0.05) is 174 Å². The van der Waals surface area contributed by atoms with Gasteiger partial charge in [0.1, 0.15) is 5.60 Å². The predicted octanol–water partition coefficient (Wildman–Crippen LogP) is 11.0. The minimum absolute atomic E-state index is 0.0463. The molecule has 15 heteroatoms. The second-order valence-corrected chi connectivity index (χ2v) is 28.5. The first kappa shape index (κ1) is 65.2. The summed E-state index contributed by atoms with van der Waals surface area (Å²) < 4.78 is 3.60. The lowest BCUT2D eigenvalue weighted by Gasteiger charge is -2.53. The lowest BCUT2D eigenvalue weighted by molar-refractivity contribution is -0.139. The first-order valence-electron chi connectivity index (χ1n) is 22.9. The SMILES string of the molecule is Cc1cc(C(C)(C)CC(C)(C)C)c(C(O)(c2c(C(C)(C)CC(C)(C)C)cc(C)cc2C(C)(C)CC(C)(C)C)C(CO)(CO)CO)c(C(C)(C)CC(C)(C)C)c1.OP(O)O.OP(O)OP(O)O. The fourth-order valence-corrected chi connectivity index (χ4v) is 11.9. The van der Waals surface area contributed by atoms with E-state index in [0.29, 0.717) is 0 Å². The average Bonchev–Trinajstić information content (AvgIpc) is 3.03. The van der Waals surface area contributed by atoms with Crippen LogP contribution in [0.15, 0.2) is 24.3 Å². The molecular formula is C51H95O12P3. The first-order chi connectivity index (χ1) is 29.1. The summed E-state index contributed by atoms with van der Waals surface area (Å²) in [6, 6.07) is 8.98. The van der Waals surface area contributed by atoms with Crippen LogP contribution in [-0.2, 0) is 31.6 Å². The molecule has 0 amide bonds. The van der Waals surface area contributed by atoms with E-state index in [1.54, 1.807) is 0 Å². The standard InChI is InChI=1S/C51H88O4.H4O5P2.H3O3P/c1-34-23-36(46(15,16)27-42(3,4)5)40(37(24-34)47(17,18)28-43(6,7)8)51(55,50(31-52,32-53)33-54)41-38(48(19,20)29-44(9,10)11)25-35(2)26-39(41)49(21,22)30-45(12,13)14;1-6(2)5-7(3)4;1-4(2)3/h23-26,52-55H,27-33H2,1-22H3;1-4H;1-3H. The molecule has 0 radical (unpaired) electrons. The van der Waals surface area contributed by atoms with Crippen molar-refractivity contribution in [1.82, 2.24) is 0 Å². The Kier molecular flexibility index (Phi) is 23.4. The van der Waals surface area contributed by atoms with Gasteiger partial charge in [-0.05, 0) is 116 Å². The van der Waals surface area contributed by atoms with E-state index in [4.69, 9.17) is 34.3 Å². The molecule has 0 heterocycles. The fourth-order valence-electron chi connectivity index (χ4n) is 11.4. The van der Waals surface area contributed by atoms with Gasteiger partial charge in [-0.3, -0.25) is 0 Å². The van der Waals surface area contributed by atoms with Gasteiger partial charge < -0.3 is 54.7 Å². The summed E-state index contributed by atoms with van der Waals surface area (Å²) in [5, 5.41) is 50.3. The van der Waals surface area contributed by atoms with Crippen molar-refractivity contribution in [3.63, 3.8) is 0 Å². The van der Waals surface area contributed by atoms with E-state index < -0.39 is 78.3 Å². The van der Waals surface area contributed by atoms with E-state index in [1.165, 1.54) is 0 Å². The second-order valence-electron chi connectivity index (χ2n) is 26.3. The smallest absolute Gasteiger partial charge is 0.334 e. The highest BCUT2D eigenvalue weighted by molar-refractivity contribution is 7.53. The molecule has 11 N–H and O–H groups in total. The Morgan fingerprint density at radius 3 is 0.697 bits per heavy atom. The van der Waals surface area contributed by atoms with Crippen LogP contribution in [0.1, 0.15) is 209 Å². The number of aliphatic hydroxyl groups excluding tert-OH is 3. The minimum Gasteiger partial charge on any atom is -0.395 e. The molecule has 0 aliphatic heterocycles. The summed E-state index contributed by atoms with van der Waals surface area (Å²) in [6.45, 7) is 47.8. The summed E-state index contributed by atoms with van der Waals surface area (Å²) >= 11 is 0. The zero-order chi connectivity index (χ0) is 52.8. The van der Waals surface area contributed by atoms with Gasteiger partial charge in [0.15, 0.2) is 0 Å². The maximum atomic E-state index is 14.9. The van der Waals surface area contributed by atoms with Crippen LogP contribution < -0.4 is 0 Å². The molecule has 0 aliphatic carbocycles. The quantitative estimate of drug-likeness (QED) is 0.0706. The third kappa shape index (κ3) is 19.1. The highest BCUT2D eigenvalue weighted by atomic mass is 31.2. The Hall–Kier alpha value is -0.750. The number of aliphatic hydroxyl groups is 4. The molecule has 12 nitrogen and oxygen atoms in total. The molecule has 66 heavy (non-hydrogen) atoms. The zero-order valence-corrected chi connectivity index (χ0v) is 47.6. The molecule has 0 saturated heterocycles. The third-order valence-corrected chi connectivity index (χ3v) is 13.1. The van der Waals surface area contributed by atoms with E-state index in [1.807, 2.05) is 0 Å². The Morgan fingerprint density at radius 1 is 0.394 bits per heavy atom. The normalized spacial score (nSPS) is 14.1. The van der Waals surface area contributed by atoms with Crippen molar-refractivity contribution in [3.8, 4) is 0 Å². The number of hydrogen-bond donors (Lipinski definition) is 11. The summed E-state index contributed by atoms with van der Waals surface area (Å²) in [7, 11) is -7.84. The van der Waals surface area contributed by atoms with E-state index >= 15 is 0 Å². The van der Waals surface area contributed by atoms with Crippen molar-refractivity contribution in [1.29, 1.82) is 0 Å². The summed E-state index contributed by atoms with van der Waals surface area (Å²) in [6.07, 6.45) is 3.31. The van der Waals surface area contributed by atoms with Gasteiger partial charge in [0, 0.05) is 0 Å². The topological polar surface area (TPSA) is 232 Å². The minimum atomic E-state index is -2.62. The second kappa shape index (κ2) is 23.7. The van der Waals surface area contributed by atoms with Gasteiger partial charge in [-0.2, -0.15) is 0 Å². The van der Waals surface area contributed by atoms with Gasteiger partial charge in [0.05, 0.1) is 25.2 Å². The highest BCUT2D eigenvalue weighted by Gasteiger charge is 2.59.